The Bertz CT molecular complexity index is 1110. The normalized spacial score (nSPS) is 11.1. The Labute approximate surface area is 163 Å². The standard InChI is InChI=1S/C21H19FN2O3S/c1-14-3-11-19(12-4-14)28(26,27)24-18-9-7-17(8-10-18)23-21(25)20-13-16(22)6-5-15(20)2/h3-13,24H,1-2H3,(H,23,25). The van der Waals surface area contributed by atoms with E-state index in [1.807, 2.05) is 6.92 Å². The molecule has 2 N–H and O–H groups in total. The molecular weight excluding hydrogens is 379 g/mol. The average Bonchev–Trinajstić information content (AvgIpc) is 2.65. The van der Waals surface area contributed by atoms with Crippen molar-refractivity contribution >= 4 is 27.3 Å². The number of halogens is 1. The summed E-state index contributed by atoms with van der Waals surface area (Å²) in [5.41, 5.74) is 2.69. The first-order chi connectivity index (χ1) is 13.2. The van der Waals surface area contributed by atoms with Gasteiger partial charge in [-0.3, -0.25) is 9.52 Å². The van der Waals surface area contributed by atoms with E-state index in [9.17, 15) is 17.6 Å². The summed E-state index contributed by atoms with van der Waals surface area (Å²) in [6.45, 7) is 3.60. The van der Waals surface area contributed by atoms with E-state index in [0.717, 1.165) is 5.56 Å². The third-order valence-electron chi connectivity index (χ3n) is 4.17. The van der Waals surface area contributed by atoms with Gasteiger partial charge in [0, 0.05) is 16.9 Å². The van der Waals surface area contributed by atoms with Crippen LogP contribution in [-0.2, 0) is 10.0 Å². The van der Waals surface area contributed by atoms with Crippen LogP contribution in [0.1, 0.15) is 21.5 Å². The summed E-state index contributed by atoms with van der Waals surface area (Å²) < 4.78 is 40.7. The zero-order chi connectivity index (χ0) is 20.3. The van der Waals surface area contributed by atoms with E-state index in [1.54, 1.807) is 43.3 Å². The Kier molecular flexibility index (Phi) is 5.46. The summed E-state index contributed by atoms with van der Waals surface area (Å²) in [5, 5.41) is 2.67. The number of rotatable bonds is 5. The highest BCUT2D eigenvalue weighted by Crippen LogP contribution is 2.20. The van der Waals surface area contributed by atoms with Crippen LogP contribution in [0.5, 0.6) is 0 Å². The smallest absolute Gasteiger partial charge is 0.261 e. The van der Waals surface area contributed by atoms with Crippen LogP contribution in [0.25, 0.3) is 0 Å². The van der Waals surface area contributed by atoms with Crippen LogP contribution >= 0.6 is 0 Å². The molecule has 0 saturated carbocycles. The molecular formula is C21H19FN2O3S. The molecule has 0 heterocycles. The van der Waals surface area contributed by atoms with Gasteiger partial charge in [0.1, 0.15) is 5.82 Å². The summed E-state index contributed by atoms with van der Waals surface area (Å²) >= 11 is 0. The number of anilines is 2. The van der Waals surface area contributed by atoms with E-state index in [4.69, 9.17) is 0 Å². The Morgan fingerprint density at radius 2 is 1.46 bits per heavy atom. The molecule has 0 radical (unpaired) electrons. The number of amides is 1. The first kappa shape index (κ1) is 19.6. The fourth-order valence-electron chi connectivity index (χ4n) is 2.59. The number of hydrogen-bond acceptors (Lipinski definition) is 3. The number of carbonyl (C=O) groups excluding carboxylic acids is 1. The van der Waals surface area contributed by atoms with Gasteiger partial charge in [0.2, 0.25) is 0 Å². The van der Waals surface area contributed by atoms with Gasteiger partial charge in [0.25, 0.3) is 15.9 Å². The van der Waals surface area contributed by atoms with Crippen molar-refractivity contribution in [1.29, 1.82) is 0 Å². The number of nitrogens with one attached hydrogen (secondary N) is 2. The maximum atomic E-state index is 13.4. The molecule has 3 aromatic carbocycles. The highest BCUT2D eigenvalue weighted by molar-refractivity contribution is 7.92. The van der Waals surface area contributed by atoms with E-state index in [0.29, 0.717) is 16.9 Å². The lowest BCUT2D eigenvalue weighted by molar-refractivity contribution is 0.102. The minimum absolute atomic E-state index is 0.164. The zero-order valence-corrected chi connectivity index (χ0v) is 16.2. The predicted molar refractivity (Wildman–Crippen MR) is 108 cm³/mol. The molecule has 0 saturated heterocycles. The fraction of sp³-hybridized carbons (Fsp3) is 0.0952. The van der Waals surface area contributed by atoms with Crippen LogP contribution in [-0.4, -0.2) is 14.3 Å². The van der Waals surface area contributed by atoms with E-state index >= 15 is 0 Å². The van der Waals surface area contributed by atoms with Crippen molar-refractivity contribution in [1.82, 2.24) is 0 Å². The number of benzene rings is 3. The van der Waals surface area contributed by atoms with Crippen molar-refractivity contribution in [3.05, 3.63) is 89.2 Å². The zero-order valence-electron chi connectivity index (χ0n) is 15.4. The van der Waals surface area contributed by atoms with Gasteiger partial charge in [-0.25, -0.2) is 12.8 Å². The lowest BCUT2D eigenvalue weighted by Crippen LogP contribution is -2.14. The van der Waals surface area contributed by atoms with Crippen molar-refractivity contribution < 1.29 is 17.6 Å². The Balaban J connectivity index is 1.72. The van der Waals surface area contributed by atoms with Crippen molar-refractivity contribution in [3.63, 3.8) is 0 Å². The van der Waals surface area contributed by atoms with Crippen LogP contribution in [0.2, 0.25) is 0 Å². The maximum absolute atomic E-state index is 13.4. The highest BCUT2D eigenvalue weighted by atomic mass is 32.2. The van der Waals surface area contributed by atoms with Crippen molar-refractivity contribution in [2.24, 2.45) is 0 Å². The molecule has 0 aromatic heterocycles. The lowest BCUT2D eigenvalue weighted by Gasteiger charge is -2.11. The van der Waals surface area contributed by atoms with Gasteiger partial charge in [-0.2, -0.15) is 0 Å². The van der Waals surface area contributed by atoms with Gasteiger partial charge in [0.15, 0.2) is 0 Å². The molecule has 144 valence electrons. The quantitative estimate of drug-likeness (QED) is 0.665. The van der Waals surface area contributed by atoms with Crippen LogP contribution in [0, 0.1) is 19.7 Å². The van der Waals surface area contributed by atoms with Crippen LogP contribution in [0.3, 0.4) is 0 Å². The minimum atomic E-state index is -3.70. The third kappa shape index (κ3) is 4.55. The molecule has 5 nitrogen and oxygen atoms in total. The van der Waals surface area contributed by atoms with Gasteiger partial charge < -0.3 is 5.32 Å². The molecule has 0 spiro atoms. The van der Waals surface area contributed by atoms with E-state index in [2.05, 4.69) is 10.0 Å². The number of hydrogen-bond donors (Lipinski definition) is 2. The van der Waals surface area contributed by atoms with Gasteiger partial charge in [-0.05, 0) is 67.9 Å². The van der Waals surface area contributed by atoms with E-state index in [1.165, 1.54) is 30.3 Å². The summed E-state index contributed by atoms with van der Waals surface area (Å²) in [5.74, 6) is -0.929. The Hall–Kier alpha value is -3.19. The molecule has 0 aliphatic carbocycles. The van der Waals surface area contributed by atoms with Crippen molar-refractivity contribution in [2.45, 2.75) is 18.7 Å². The second-order valence-electron chi connectivity index (χ2n) is 6.41. The Morgan fingerprint density at radius 1 is 0.857 bits per heavy atom. The van der Waals surface area contributed by atoms with E-state index < -0.39 is 21.7 Å². The largest absolute Gasteiger partial charge is 0.322 e. The van der Waals surface area contributed by atoms with Crippen molar-refractivity contribution in [2.75, 3.05) is 10.0 Å². The predicted octanol–water partition coefficient (Wildman–Crippen LogP) is 4.50. The summed E-state index contributed by atoms with van der Waals surface area (Å²) in [6, 6.07) is 16.7. The number of aryl methyl sites for hydroxylation is 2. The van der Waals surface area contributed by atoms with Crippen LogP contribution in [0.15, 0.2) is 71.6 Å². The van der Waals surface area contributed by atoms with Crippen LogP contribution < -0.4 is 10.0 Å². The molecule has 0 aliphatic heterocycles. The van der Waals surface area contributed by atoms with Gasteiger partial charge >= 0.3 is 0 Å². The molecule has 0 aliphatic rings. The summed E-state index contributed by atoms with van der Waals surface area (Å²) in [4.78, 5) is 12.5. The summed E-state index contributed by atoms with van der Waals surface area (Å²) in [6.07, 6.45) is 0. The van der Waals surface area contributed by atoms with Crippen LogP contribution in [0.4, 0.5) is 15.8 Å². The van der Waals surface area contributed by atoms with Crippen molar-refractivity contribution in [3.8, 4) is 0 Å². The SMILES string of the molecule is Cc1ccc(S(=O)(=O)Nc2ccc(NC(=O)c3cc(F)ccc3C)cc2)cc1. The highest BCUT2D eigenvalue weighted by Gasteiger charge is 2.14. The Morgan fingerprint density at radius 3 is 2.11 bits per heavy atom. The number of sulfonamides is 1. The second-order valence-corrected chi connectivity index (χ2v) is 8.09. The van der Waals surface area contributed by atoms with Gasteiger partial charge in [0.05, 0.1) is 4.90 Å². The molecule has 0 fully saturated rings. The number of carbonyl (C=O) groups is 1. The lowest BCUT2D eigenvalue weighted by atomic mass is 10.1. The third-order valence-corrected chi connectivity index (χ3v) is 5.57. The molecule has 3 rings (SSSR count). The molecule has 3 aromatic rings. The summed E-state index contributed by atoms with van der Waals surface area (Å²) in [7, 11) is -3.70. The molecule has 0 bridgehead atoms. The minimum Gasteiger partial charge on any atom is -0.322 e. The average molecular weight is 398 g/mol. The first-order valence-corrected chi connectivity index (χ1v) is 10.00. The van der Waals surface area contributed by atoms with E-state index in [-0.39, 0.29) is 10.5 Å². The fourth-order valence-corrected chi connectivity index (χ4v) is 3.65. The van der Waals surface area contributed by atoms with Gasteiger partial charge in [-0.15, -0.1) is 0 Å². The molecule has 0 atom stereocenters. The second kappa shape index (κ2) is 7.82. The molecule has 1 amide bonds. The molecule has 7 heteroatoms. The molecule has 0 unspecified atom stereocenters. The first-order valence-electron chi connectivity index (χ1n) is 8.52. The molecule has 28 heavy (non-hydrogen) atoms. The topological polar surface area (TPSA) is 75.3 Å². The maximum Gasteiger partial charge on any atom is 0.261 e. The van der Waals surface area contributed by atoms with Gasteiger partial charge in [-0.1, -0.05) is 23.8 Å². The monoisotopic (exact) mass is 398 g/mol.